The van der Waals surface area contributed by atoms with Crippen LogP contribution in [0, 0.1) is 0 Å². The van der Waals surface area contributed by atoms with Crippen LogP contribution >= 0.6 is 11.8 Å². The van der Waals surface area contributed by atoms with E-state index in [1.165, 1.54) is 36.3 Å². The van der Waals surface area contributed by atoms with Gasteiger partial charge in [0.15, 0.2) is 0 Å². The highest BCUT2D eigenvalue weighted by atomic mass is 32.2. The van der Waals surface area contributed by atoms with Gasteiger partial charge in [-0.1, -0.05) is 12.8 Å². The summed E-state index contributed by atoms with van der Waals surface area (Å²) in [4.78, 5) is 1.41. The standard InChI is InChI=1S/C17H28N2S/c1-17(2,3)19-13-12-18-14-8-10-16(11-9-14)20-15-6-4-5-7-15/h8-11,15,18-19H,4-7,12-13H2,1-3H3. The zero-order valence-corrected chi connectivity index (χ0v) is 13.9. The molecule has 0 unspecified atom stereocenters. The predicted octanol–water partition coefficient (Wildman–Crippen LogP) is 4.52. The molecule has 0 bridgehead atoms. The van der Waals surface area contributed by atoms with Gasteiger partial charge >= 0.3 is 0 Å². The number of hydrogen-bond acceptors (Lipinski definition) is 3. The van der Waals surface area contributed by atoms with Crippen molar-refractivity contribution in [1.82, 2.24) is 5.32 Å². The first-order valence-electron chi connectivity index (χ1n) is 7.78. The van der Waals surface area contributed by atoms with Crippen LogP contribution in [-0.2, 0) is 0 Å². The molecule has 112 valence electrons. The number of benzene rings is 1. The van der Waals surface area contributed by atoms with Crippen LogP contribution < -0.4 is 10.6 Å². The third kappa shape index (κ3) is 5.76. The van der Waals surface area contributed by atoms with Crippen molar-refractivity contribution in [3.63, 3.8) is 0 Å². The van der Waals surface area contributed by atoms with Crippen LogP contribution in [0.5, 0.6) is 0 Å². The van der Waals surface area contributed by atoms with Gasteiger partial charge in [-0.05, 0) is 57.9 Å². The molecule has 0 heterocycles. The molecule has 1 aliphatic rings. The summed E-state index contributed by atoms with van der Waals surface area (Å²) in [6, 6.07) is 8.91. The lowest BCUT2D eigenvalue weighted by Crippen LogP contribution is -2.38. The van der Waals surface area contributed by atoms with Crippen molar-refractivity contribution in [2.24, 2.45) is 0 Å². The molecular formula is C17H28N2S. The minimum Gasteiger partial charge on any atom is -0.384 e. The van der Waals surface area contributed by atoms with E-state index in [1.54, 1.807) is 0 Å². The maximum Gasteiger partial charge on any atom is 0.0341 e. The fraction of sp³-hybridized carbons (Fsp3) is 0.647. The first kappa shape index (κ1) is 15.7. The first-order chi connectivity index (χ1) is 9.53. The number of nitrogens with one attached hydrogen (secondary N) is 2. The summed E-state index contributed by atoms with van der Waals surface area (Å²) in [5.74, 6) is 0. The lowest BCUT2D eigenvalue weighted by Gasteiger charge is -2.20. The van der Waals surface area contributed by atoms with E-state index < -0.39 is 0 Å². The van der Waals surface area contributed by atoms with E-state index in [0.29, 0.717) is 0 Å². The van der Waals surface area contributed by atoms with Gasteiger partial charge in [-0.15, -0.1) is 11.8 Å². The fourth-order valence-electron chi connectivity index (χ4n) is 2.49. The van der Waals surface area contributed by atoms with Crippen LogP contribution in [0.4, 0.5) is 5.69 Å². The molecule has 1 aliphatic carbocycles. The monoisotopic (exact) mass is 292 g/mol. The summed E-state index contributed by atoms with van der Waals surface area (Å²) >= 11 is 2.05. The molecule has 3 heteroatoms. The van der Waals surface area contributed by atoms with Crippen LogP contribution in [0.1, 0.15) is 46.5 Å². The number of thioether (sulfide) groups is 1. The molecule has 2 rings (SSSR count). The summed E-state index contributed by atoms with van der Waals surface area (Å²) in [6.07, 6.45) is 5.61. The average molecular weight is 292 g/mol. The van der Waals surface area contributed by atoms with E-state index in [1.807, 2.05) is 0 Å². The van der Waals surface area contributed by atoms with Gasteiger partial charge in [0.2, 0.25) is 0 Å². The van der Waals surface area contributed by atoms with Crippen molar-refractivity contribution in [3.05, 3.63) is 24.3 Å². The Morgan fingerprint density at radius 2 is 1.70 bits per heavy atom. The van der Waals surface area contributed by atoms with E-state index in [9.17, 15) is 0 Å². The van der Waals surface area contributed by atoms with E-state index >= 15 is 0 Å². The van der Waals surface area contributed by atoms with Gasteiger partial charge < -0.3 is 10.6 Å². The Morgan fingerprint density at radius 1 is 1.05 bits per heavy atom. The normalized spacial score (nSPS) is 16.6. The smallest absolute Gasteiger partial charge is 0.0341 e. The van der Waals surface area contributed by atoms with Crippen LogP contribution in [-0.4, -0.2) is 23.9 Å². The molecule has 1 aromatic carbocycles. The summed E-state index contributed by atoms with van der Waals surface area (Å²) in [7, 11) is 0. The number of anilines is 1. The van der Waals surface area contributed by atoms with E-state index in [2.05, 4.69) is 67.4 Å². The Labute approximate surface area is 128 Å². The molecule has 0 saturated heterocycles. The molecule has 0 amide bonds. The van der Waals surface area contributed by atoms with Gasteiger partial charge in [0.1, 0.15) is 0 Å². The molecule has 0 aromatic heterocycles. The summed E-state index contributed by atoms with van der Waals surface area (Å²) in [6.45, 7) is 8.54. The van der Waals surface area contributed by atoms with Crippen molar-refractivity contribution in [2.45, 2.75) is 62.1 Å². The molecule has 0 atom stereocenters. The molecule has 0 radical (unpaired) electrons. The second-order valence-electron chi connectivity index (χ2n) is 6.65. The van der Waals surface area contributed by atoms with E-state index in [-0.39, 0.29) is 5.54 Å². The summed E-state index contributed by atoms with van der Waals surface area (Å²) in [5.41, 5.74) is 1.42. The highest BCUT2D eigenvalue weighted by Crippen LogP contribution is 2.34. The Morgan fingerprint density at radius 3 is 2.30 bits per heavy atom. The van der Waals surface area contributed by atoms with Gasteiger partial charge in [0.05, 0.1) is 0 Å². The third-order valence-electron chi connectivity index (χ3n) is 3.57. The Balaban J connectivity index is 1.71. The molecule has 0 aliphatic heterocycles. The van der Waals surface area contributed by atoms with Crippen molar-refractivity contribution in [1.29, 1.82) is 0 Å². The Hall–Kier alpha value is -0.670. The lowest BCUT2D eigenvalue weighted by molar-refractivity contribution is 0.435. The highest BCUT2D eigenvalue weighted by molar-refractivity contribution is 8.00. The Bertz CT molecular complexity index is 388. The van der Waals surface area contributed by atoms with Gasteiger partial charge in [-0.2, -0.15) is 0 Å². The van der Waals surface area contributed by atoms with Crippen molar-refractivity contribution in [2.75, 3.05) is 18.4 Å². The molecule has 2 nitrogen and oxygen atoms in total. The minimum atomic E-state index is 0.198. The topological polar surface area (TPSA) is 24.1 Å². The molecule has 1 aromatic rings. The van der Waals surface area contributed by atoms with Crippen molar-refractivity contribution >= 4 is 17.4 Å². The quantitative estimate of drug-likeness (QED) is 0.754. The third-order valence-corrected chi connectivity index (χ3v) is 4.92. The molecule has 2 N–H and O–H groups in total. The lowest BCUT2D eigenvalue weighted by atomic mass is 10.1. The maximum absolute atomic E-state index is 3.49. The molecule has 0 spiro atoms. The van der Waals surface area contributed by atoms with Gasteiger partial charge in [0.25, 0.3) is 0 Å². The molecular weight excluding hydrogens is 264 g/mol. The fourth-order valence-corrected chi connectivity index (χ4v) is 3.74. The zero-order valence-electron chi connectivity index (χ0n) is 13.0. The highest BCUT2D eigenvalue weighted by Gasteiger charge is 2.15. The maximum atomic E-state index is 3.49. The van der Waals surface area contributed by atoms with Crippen LogP contribution in [0.25, 0.3) is 0 Å². The number of rotatable bonds is 6. The van der Waals surface area contributed by atoms with Crippen LogP contribution in [0.2, 0.25) is 0 Å². The molecule has 1 fully saturated rings. The molecule has 1 saturated carbocycles. The van der Waals surface area contributed by atoms with Crippen LogP contribution in [0.15, 0.2) is 29.2 Å². The largest absolute Gasteiger partial charge is 0.384 e. The van der Waals surface area contributed by atoms with Crippen molar-refractivity contribution < 1.29 is 0 Å². The zero-order chi connectivity index (χ0) is 14.4. The second kappa shape index (κ2) is 7.37. The average Bonchev–Trinajstić information content (AvgIpc) is 2.88. The summed E-state index contributed by atoms with van der Waals surface area (Å²) in [5, 5.41) is 7.80. The SMILES string of the molecule is CC(C)(C)NCCNc1ccc(SC2CCCC2)cc1. The number of hydrogen-bond donors (Lipinski definition) is 2. The van der Waals surface area contributed by atoms with Crippen LogP contribution in [0.3, 0.4) is 0 Å². The minimum absolute atomic E-state index is 0.198. The van der Waals surface area contributed by atoms with E-state index in [0.717, 1.165) is 18.3 Å². The Kier molecular flexibility index (Phi) is 5.79. The van der Waals surface area contributed by atoms with E-state index in [4.69, 9.17) is 0 Å². The predicted molar refractivity (Wildman–Crippen MR) is 90.8 cm³/mol. The van der Waals surface area contributed by atoms with Gasteiger partial charge in [0, 0.05) is 34.5 Å². The second-order valence-corrected chi connectivity index (χ2v) is 8.03. The van der Waals surface area contributed by atoms with Gasteiger partial charge in [-0.3, -0.25) is 0 Å². The van der Waals surface area contributed by atoms with Crippen molar-refractivity contribution in [3.8, 4) is 0 Å². The van der Waals surface area contributed by atoms with Gasteiger partial charge in [-0.25, -0.2) is 0 Å². The summed E-state index contributed by atoms with van der Waals surface area (Å²) < 4.78 is 0. The molecule has 20 heavy (non-hydrogen) atoms. The first-order valence-corrected chi connectivity index (χ1v) is 8.66.